The van der Waals surface area contributed by atoms with Crippen molar-refractivity contribution in [2.75, 3.05) is 11.9 Å². The highest BCUT2D eigenvalue weighted by Gasteiger charge is 2.16. The number of nitrogens with zero attached hydrogens (tertiary/aromatic N) is 2. The highest BCUT2D eigenvalue weighted by molar-refractivity contribution is 7.22. The van der Waals surface area contributed by atoms with Gasteiger partial charge in [0, 0.05) is 11.5 Å². The van der Waals surface area contributed by atoms with Gasteiger partial charge in [0.25, 0.3) is 5.91 Å². The number of thiazole rings is 1. The summed E-state index contributed by atoms with van der Waals surface area (Å²) in [7, 11) is 0. The van der Waals surface area contributed by atoms with Crippen LogP contribution >= 0.6 is 11.3 Å². The van der Waals surface area contributed by atoms with Gasteiger partial charge < -0.3 is 14.3 Å². The summed E-state index contributed by atoms with van der Waals surface area (Å²) >= 11 is 1.36. The van der Waals surface area contributed by atoms with Crippen LogP contribution in [0.2, 0.25) is 0 Å². The average molecular weight is 486 g/mol. The van der Waals surface area contributed by atoms with Gasteiger partial charge in [-0.25, -0.2) is 9.98 Å². The normalized spacial score (nSPS) is 11.8. The smallest absolute Gasteiger partial charge is 0.262 e. The lowest BCUT2D eigenvalue weighted by atomic mass is 10.1. The molecule has 3 aromatic carbocycles. The predicted molar refractivity (Wildman–Crippen MR) is 138 cm³/mol. The minimum Gasteiger partial charge on any atom is -0.508 e. The number of carbonyl (C=O) groups excluding carboxylic acids is 1. The molecule has 0 fully saturated rings. The number of phenols is 1. The Morgan fingerprint density at radius 3 is 2.77 bits per heavy atom. The first-order chi connectivity index (χ1) is 16.9. The number of phenolic OH excluding ortho intramolecular Hbond substituents is 1. The van der Waals surface area contributed by atoms with Gasteiger partial charge in [-0.3, -0.25) is 10.1 Å². The number of carbonyl (C=O) groups is 1. The van der Waals surface area contributed by atoms with Gasteiger partial charge >= 0.3 is 0 Å². The molecular weight excluding hydrogens is 462 g/mol. The van der Waals surface area contributed by atoms with E-state index in [9.17, 15) is 9.90 Å². The predicted octanol–water partition coefficient (Wildman–Crippen LogP) is 6.25. The molecule has 2 aromatic heterocycles. The maximum Gasteiger partial charge on any atom is 0.262 e. The molecule has 0 spiro atoms. The third kappa shape index (κ3) is 4.74. The van der Waals surface area contributed by atoms with Gasteiger partial charge in [0.1, 0.15) is 22.6 Å². The van der Waals surface area contributed by atoms with E-state index < -0.39 is 5.91 Å². The molecule has 0 saturated heterocycles. The van der Waals surface area contributed by atoms with E-state index in [1.165, 1.54) is 17.4 Å². The van der Waals surface area contributed by atoms with Crippen molar-refractivity contribution >= 4 is 49.2 Å². The Kier molecular flexibility index (Phi) is 5.96. The van der Waals surface area contributed by atoms with E-state index in [1.54, 1.807) is 25.1 Å². The Morgan fingerprint density at radius 1 is 1.11 bits per heavy atom. The largest absolute Gasteiger partial charge is 0.508 e. The Hall–Kier alpha value is -4.17. The summed E-state index contributed by atoms with van der Waals surface area (Å²) in [5.74, 6) is 0.485. The molecule has 2 N–H and O–H groups in total. The van der Waals surface area contributed by atoms with Gasteiger partial charge in [-0.15, -0.1) is 0 Å². The van der Waals surface area contributed by atoms with Crippen molar-refractivity contribution in [3.05, 3.63) is 82.9 Å². The molecule has 0 aliphatic rings. The van der Waals surface area contributed by atoms with E-state index in [1.807, 2.05) is 50.2 Å². The third-order valence-electron chi connectivity index (χ3n) is 5.46. The van der Waals surface area contributed by atoms with E-state index in [4.69, 9.17) is 9.15 Å². The van der Waals surface area contributed by atoms with Crippen molar-refractivity contribution in [1.82, 2.24) is 4.98 Å². The molecule has 0 bridgehead atoms. The summed E-state index contributed by atoms with van der Waals surface area (Å²) in [4.78, 5) is 22.4. The van der Waals surface area contributed by atoms with Crippen molar-refractivity contribution in [1.29, 1.82) is 0 Å². The molecule has 8 heteroatoms. The molecule has 5 aromatic rings. The minimum atomic E-state index is -0.392. The second-order valence-corrected chi connectivity index (χ2v) is 9.16. The first-order valence-corrected chi connectivity index (χ1v) is 11.9. The molecule has 35 heavy (non-hydrogen) atoms. The summed E-state index contributed by atoms with van der Waals surface area (Å²) in [5, 5.41) is 14.2. The maximum absolute atomic E-state index is 13.4. The fraction of sp³-hybridized carbons (Fsp3) is 0.148. The lowest BCUT2D eigenvalue weighted by Gasteiger charge is -2.06. The van der Waals surface area contributed by atoms with Crippen molar-refractivity contribution in [2.24, 2.45) is 4.99 Å². The fourth-order valence-electron chi connectivity index (χ4n) is 3.66. The number of rotatable bonds is 5. The van der Waals surface area contributed by atoms with Crippen LogP contribution in [0.25, 0.3) is 21.2 Å². The Balaban J connectivity index is 1.57. The fourth-order valence-corrected chi connectivity index (χ4v) is 4.55. The summed E-state index contributed by atoms with van der Waals surface area (Å²) in [6.45, 7) is 6.28. The molecule has 5 rings (SSSR count). The average Bonchev–Trinajstić information content (AvgIpc) is 3.23. The van der Waals surface area contributed by atoms with Gasteiger partial charge in [0.05, 0.1) is 22.5 Å². The maximum atomic E-state index is 13.4. The number of aromatic nitrogens is 1. The van der Waals surface area contributed by atoms with Crippen LogP contribution in [-0.4, -0.2) is 22.6 Å². The van der Waals surface area contributed by atoms with Crippen molar-refractivity contribution in [2.45, 2.75) is 20.8 Å². The van der Waals surface area contributed by atoms with E-state index in [2.05, 4.69) is 15.3 Å². The topological polar surface area (TPSA) is 97.0 Å². The van der Waals surface area contributed by atoms with Gasteiger partial charge in [-0.1, -0.05) is 29.0 Å². The van der Waals surface area contributed by atoms with Crippen LogP contribution < -0.4 is 15.6 Å². The highest BCUT2D eigenvalue weighted by atomic mass is 32.1. The van der Waals surface area contributed by atoms with Gasteiger partial charge in [0.15, 0.2) is 5.13 Å². The van der Waals surface area contributed by atoms with Crippen molar-refractivity contribution in [3.8, 4) is 11.5 Å². The van der Waals surface area contributed by atoms with E-state index in [-0.39, 0.29) is 16.9 Å². The van der Waals surface area contributed by atoms with Crippen LogP contribution in [0.5, 0.6) is 11.5 Å². The van der Waals surface area contributed by atoms with Gasteiger partial charge in [-0.2, -0.15) is 0 Å². The summed E-state index contributed by atoms with van der Waals surface area (Å²) < 4.78 is 12.5. The molecule has 176 valence electrons. The molecule has 0 unspecified atom stereocenters. The zero-order valence-electron chi connectivity index (χ0n) is 19.5. The molecule has 0 atom stereocenters. The standard InChI is InChI=1S/C27H23N3O4S/c1-4-33-19-8-9-21-24(14-19)35-27(29-21)30-25(32)20-12-17-11-15(2)5-10-23(17)34-26(20)28-18-7-6-16(3)22(31)13-18/h5-14,31H,4H2,1-3H3,(H,29,30,32). The molecule has 2 heterocycles. The number of hydrogen-bond acceptors (Lipinski definition) is 7. The van der Waals surface area contributed by atoms with E-state index in [0.717, 1.165) is 32.5 Å². The van der Waals surface area contributed by atoms with E-state index >= 15 is 0 Å². The first kappa shape index (κ1) is 22.6. The van der Waals surface area contributed by atoms with Gasteiger partial charge in [0.2, 0.25) is 5.55 Å². The number of hydrogen-bond donors (Lipinski definition) is 2. The molecule has 7 nitrogen and oxygen atoms in total. The van der Waals surface area contributed by atoms with Crippen LogP contribution in [-0.2, 0) is 0 Å². The van der Waals surface area contributed by atoms with Crippen LogP contribution in [0.15, 0.2) is 70.1 Å². The highest BCUT2D eigenvalue weighted by Crippen LogP contribution is 2.30. The number of nitrogens with one attached hydrogen (secondary N) is 1. The molecule has 1 amide bonds. The SMILES string of the molecule is CCOc1ccc2nc(NC(=O)c3cc4cc(C)ccc4oc3=Nc3ccc(C)c(O)c3)sc2c1. The second-order valence-electron chi connectivity index (χ2n) is 8.12. The molecule has 0 saturated carbocycles. The zero-order chi connectivity index (χ0) is 24.5. The summed E-state index contributed by atoms with van der Waals surface area (Å²) in [6.07, 6.45) is 0. The Morgan fingerprint density at radius 2 is 1.97 bits per heavy atom. The molecule has 0 aliphatic heterocycles. The minimum absolute atomic E-state index is 0.120. The number of aromatic hydroxyl groups is 1. The van der Waals surface area contributed by atoms with Crippen molar-refractivity contribution < 1.29 is 19.1 Å². The monoisotopic (exact) mass is 485 g/mol. The molecule has 0 radical (unpaired) electrons. The molecular formula is C27H23N3O4S. The van der Waals surface area contributed by atoms with E-state index in [0.29, 0.717) is 23.0 Å². The Labute approximate surface area is 205 Å². The Bertz CT molecular complexity index is 1650. The first-order valence-electron chi connectivity index (χ1n) is 11.1. The summed E-state index contributed by atoms with van der Waals surface area (Å²) in [5.41, 5.74) is 4.03. The quantitative estimate of drug-likeness (QED) is 0.307. The lowest BCUT2D eigenvalue weighted by Crippen LogP contribution is -2.21. The summed E-state index contributed by atoms with van der Waals surface area (Å²) in [6, 6.07) is 18.2. The number of anilines is 1. The van der Waals surface area contributed by atoms with Crippen LogP contribution in [0, 0.1) is 13.8 Å². The van der Waals surface area contributed by atoms with Crippen molar-refractivity contribution in [3.63, 3.8) is 0 Å². The second kappa shape index (κ2) is 9.23. The van der Waals surface area contributed by atoms with Crippen LogP contribution in [0.3, 0.4) is 0 Å². The van der Waals surface area contributed by atoms with Gasteiger partial charge in [-0.05, 0) is 68.8 Å². The number of aryl methyl sites for hydroxylation is 2. The number of benzene rings is 3. The lowest BCUT2D eigenvalue weighted by molar-refractivity contribution is 0.102. The number of fused-ring (bicyclic) bond motifs is 2. The molecule has 0 aliphatic carbocycles. The third-order valence-corrected chi connectivity index (χ3v) is 6.40. The van der Waals surface area contributed by atoms with Crippen LogP contribution in [0.4, 0.5) is 10.8 Å². The number of ether oxygens (including phenoxy) is 1. The zero-order valence-corrected chi connectivity index (χ0v) is 20.3. The number of amides is 1. The van der Waals surface area contributed by atoms with Crippen LogP contribution in [0.1, 0.15) is 28.4 Å².